The Kier molecular flexibility index (Phi) is 5.65. The summed E-state index contributed by atoms with van der Waals surface area (Å²) in [6.07, 6.45) is 12.2. The first-order valence-electron chi connectivity index (χ1n) is 12.4. The zero-order valence-electron chi connectivity index (χ0n) is 20.2. The van der Waals surface area contributed by atoms with Gasteiger partial charge in [0, 0.05) is 5.56 Å². The Morgan fingerprint density at radius 2 is 1.59 bits per heavy atom. The Hall–Kier alpha value is -1.70. The predicted octanol–water partition coefficient (Wildman–Crippen LogP) is 7.95. The van der Waals surface area contributed by atoms with Crippen molar-refractivity contribution in [1.29, 1.82) is 0 Å². The standard InChI is InChI=1S/C25H32F2/c1-2-3-4-5-19-6-8-20(9-7-19)10-11-21-12-17-24(25(27)18-21)22-13-15-23(26)16-14-22/h12-20H,2-11H2,1H3/i13D,14D,15D,16D. The fourth-order valence-corrected chi connectivity index (χ4v) is 4.21. The van der Waals surface area contributed by atoms with Gasteiger partial charge in [-0.05, 0) is 54.0 Å². The van der Waals surface area contributed by atoms with Crippen LogP contribution in [0.3, 0.4) is 0 Å². The van der Waals surface area contributed by atoms with Crippen molar-refractivity contribution in [3.8, 4) is 11.1 Å². The molecule has 0 atom stereocenters. The van der Waals surface area contributed by atoms with Gasteiger partial charge in [0.2, 0.25) is 0 Å². The number of hydrogen-bond acceptors (Lipinski definition) is 0. The molecule has 1 fully saturated rings. The lowest BCUT2D eigenvalue weighted by Crippen LogP contribution is -2.15. The first-order valence-corrected chi connectivity index (χ1v) is 10.4. The van der Waals surface area contributed by atoms with Crippen LogP contribution in [0.1, 0.15) is 75.8 Å². The Bertz CT molecular complexity index is 876. The molecule has 1 aliphatic rings. The van der Waals surface area contributed by atoms with Gasteiger partial charge in [-0.25, -0.2) is 8.78 Å². The summed E-state index contributed by atoms with van der Waals surface area (Å²) in [6.45, 7) is 2.24. The van der Waals surface area contributed by atoms with Gasteiger partial charge in [0.1, 0.15) is 11.6 Å². The second-order valence-corrected chi connectivity index (χ2v) is 7.92. The molecule has 0 N–H and O–H groups in total. The van der Waals surface area contributed by atoms with Crippen LogP contribution < -0.4 is 0 Å². The van der Waals surface area contributed by atoms with Crippen LogP contribution in [-0.4, -0.2) is 0 Å². The average molecular weight is 375 g/mol. The fraction of sp³-hybridized carbons (Fsp3) is 0.520. The van der Waals surface area contributed by atoms with E-state index < -0.39 is 35.8 Å². The lowest BCUT2D eigenvalue weighted by Gasteiger charge is -2.28. The number of hydrogen-bond donors (Lipinski definition) is 0. The van der Waals surface area contributed by atoms with Crippen molar-refractivity contribution in [3.63, 3.8) is 0 Å². The van der Waals surface area contributed by atoms with Gasteiger partial charge in [0.25, 0.3) is 0 Å². The van der Waals surface area contributed by atoms with E-state index in [1.165, 1.54) is 63.5 Å². The molecule has 146 valence electrons. The van der Waals surface area contributed by atoms with Crippen molar-refractivity contribution < 1.29 is 14.3 Å². The zero-order valence-corrected chi connectivity index (χ0v) is 16.2. The van der Waals surface area contributed by atoms with Crippen LogP contribution in [0, 0.1) is 23.5 Å². The molecular weight excluding hydrogens is 338 g/mol. The average Bonchev–Trinajstić information content (AvgIpc) is 2.77. The molecule has 0 heterocycles. The van der Waals surface area contributed by atoms with E-state index in [0.717, 1.165) is 24.3 Å². The third-order valence-electron chi connectivity index (χ3n) is 5.92. The minimum atomic E-state index is -1.21. The first kappa shape index (κ1) is 15.2. The summed E-state index contributed by atoms with van der Waals surface area (Å²) in [6, 6.07) is 2.04. The van der Waals surface area contributed by atoms with Crippen LogP contribution in [-0.2, 0) is 6.42 Å². The number of benzene rings is 2. The van der Waals surface area contributed by atoms with E-state index in [2.05, 4.69) is 6.92 Å². The highest BCUT2D eigenvalue weighted by atomic mass is 19.1. The number of unbranched alkanes of at least 4 members (excludes halogenated alkanes) is 2. The van der Waals surface area contributed by atoms with E-state index in [4.69, 9.17) is 5.48 Å². The molecule has 0 unspecified atom stereocenters. The van der Waals surface area contributed by atoms with Crippen LogP contribution >= 0.6 is 0 Å². The Balaban J connectivity index is 1.63. The van der Waals surface area contributed by atoms with Crippen LogP contribution in [0.25, 0.3) is 11.1 Å². The quantitative estimate of drug-likeness (QED) is 0.411. The van der Waals surface area contributed by atoms with Crippen molar-refractivity contribution in [1.82, 2.24) is 0 Å². The molecule has 0 spiro atoms. The third kappa shape index (κ3) is 5.89. The first-order chi connectivity index (χ1) is 14.8. The molecular formula is C25H32F2. The molecule has 2 aromatic rings. The second kappa shape index (κ2) is 10.0. The molecule has 0 saturated heterocycles. The van der Waals surface area contributed by atoms with Gasteiger partial charge in [-0.15, -0.1) is 0 Å². The van der Waals surface area contributed by atoms with Crippen LogP contribution in [0.4, 0.5) is 8.78 Å². The van der Waals surface area contributed by atoms with Gasteiger partial charge in [-0.3, -0.25) is 0 Å². The van der Waals surface area contributed by atoms with E-state index in [1.54, 1.807) is 6.07 Å². The summed E-state index contributed by atoms with van der Waals surface area (Å²) in [5.41, 5.74) is 0.652. The smallest absolute Gasteiger partial charge is 0.131 e. The van der Waals surface area contributed by atoms with Crippen molar-refractivity contribution in [2.75, 3.05) is 0 Å². The summed E-state index contributed by atoms with van der Waals surface area (Å²) >= 11 is 0. The highest BCUT2D eigenvalue weighted by molar-refractivity contribution is 5.64. The van der Waals surface area contributed by atoms with Gasteiger partial charge in [0.15, 0.2) is 0 Å². The second-order valence-electron chi connectivity index (χ2n) is 7.92. The van der Waals surface area contributed by atoms with Crippen molar-refractivity contribution in [2.45, 2.75) is 71.1 Å². The Morgan fingerprint density at radius 1 is 0.926 bits per heavy atom. The van der Waals surface area contributed by atoms with Crippen LogP contribution in [0.2, 0.25) is 0 Å². The van der Waals surface area contributed by atoms with E-state index in [9.17, 15) is 8.78 Å². The van der Waals surface area contributed by atoms with Gasteiger partial charge in [0.05, 0.1) is 5.48 Å². The minimum absolute atomic E-state index is 0.0201. The largest absolute Gasteiger partial charge is 0.207 e. The topological polar surface area (TPSA) is 0 Å². The maximum Gasteiger partial charge on any atom is 0.131 e. The lowest BCUT2D eigenvalue weighted by atomic mass is 9.78. The molecule has 1 saturated carbocycles. The maximum atomic E-state index is 14.8. The number of rotatable bonds is 8. The highest BCUT2D eigenvalue weighted by Gasteiger charge is 2.20. The predicted molar refractivity (Wildman–Crippen MR) is 110 cm³/mol. The maximum absolute atomic E-state index is 14.8. The molecule has 27 heavy (non-hydrogen) atoms. The molecule has 0 aromatic heterocycles. The molecule has 0 radical (unpaired) electrons. The lowest BCUT2D eigenvalue weighted by molar-refractivity contribution is 0.249. The van der Waals surface area contributed by atoms with Gasteiger partial charge in [-0.2, -0.15) is 0 Å². The van der Waals surface area contributed by atoms with Crippen LogP contribution in [0.15, 0.2) is 42.4 Å². The summed E-state index contributed by atoms with van der Waals surface area (Å²) < 4.78 is 59.8. The van der Waals surface area contributed by atoms with Crippen LogP contribution in [0.5, 0.6) is 0 Å². The molecule has 2 aromatic carbocycles. The molecule has 0 aliphatic heterocycles. The molecule has 0 amide bonds. The third-order valence-corrected chi connectivity index (χ3v) is 5.92. The summed E-state index contributed by atoms with van der Waals surface area (Å²) in [5.74, 6) is -0.253. The number of aryl methyl sites for hydroxylation is 1. The Morgan fingerprint density at radius 3 is 2.22 bits per heavy atom. The van der Waals surface area contributed by atoms with Crippen molar-refractivity contribution in [2.24, 2.45) is 11.8 Å². The van der Waals surface area contributed by atoms with Gasteiger partial charge >= 0.3 is 0 Å². The molecule has 2 heteroatoms. The van der Waals surface area contributed by atoms with E-state index in [-0.39, 0.29) is 11.1 Å². The molecule has 1 aliphatic carbocycles. The number of halogens is 2. The summed E-state index contributed by atoms with van der Waals surface area (Å²) in [4.78, 5) is 0. The van der Waals surface area contributed by atoms with Gasteiger partial charge in [-0.1, -0.05) is 82.5 Å². The van der Waals surface area contributed by atoms with Crippen molar-refractivity contribution >= 4 is 0 Å². The molecule has 0 nitrogen and oxygen atoms in total. The highest BCUT2D eigenvalue weighted by Crippen LogP contribution is 2.34. The van der Waals surface area contributed by atoms with E-state index in [0.29, 0.717) is 5.92 Å². The fourth-order valence-electron chi connectivity index (χ4n) is 4.21. The van der Waals surface area contributed by atoms with E-state index >= 15 is 0 Å². The minimum Gasteiger partial charge on any atom is -0.207 e. The normalized spacial score (nSPS) is 22.0. The summed E-state index contributed by atoms with van der Waals surface area (Å²) in [7, 11) is 0. The summed E-state index contributed by atoms with van der Waals surface area (Å²) in [5, 5.41) is 0. The van der Waals surface area contributed by atoms with Gasteiger partial charge < -0.3 is 0 Å². The molecule has 3 rings (SSSR count). The molecule has 0 bridgehead atoms. The zero-order chi connectivity index (χ0) is 22.5. The Labute approximate surface area is 168 Å². The monoisotopic (exact) mass is 374 g/mol. The SMILES string of the molecule is [2H]c1c([2H])c(-c2ccc(CCC3CCC(CCCCC)CC3)cc2F)c([2H])c([2H])c1F. The van der Waals surface area contributed by atoms with Crippen molar-refractivity contribution in [3.05, 3.63) is 59.6 Å². The van der Waals surface area contributed by atoms with E-state index in [1.807, 2.05) is 0 Å².